The second kappa shape index (κ2) is 4.09. The molecule has 4 heteroatoms. The molecule has 1 saturated heterocycles. The van der Waals surface area contributed by atoms with Gasteiger partial charge in [0.05, 0.1) is 11.1 Å². The Bertz CT molecular complexity index is 324. The van der Waals surface area contributed by atoms with E-state index in [2.05, 4.69) is 16.8 Å². The summed E-state index contributed by atoms with van der Waals surface area (Å²) in [4.78, 5) is 17.8. The summed E-state index contributed by atoms with van der Waals surface area (Å²) in [5.41, 5.74) is 0. The van der Waals surface area contributed by atoms with Gasteiger partial charge in [-0.15, -0.1) is 0 Å². The quantitative estimate of drug-likeness (QED) is 0.717. The molecule has 2 heterocycles. The van der Waals surface area contributed by atoms with E-state index in [1.807, 2.05) is 0 Å². The van der Waals surface area contributed by atoms with Gasteiger partial charge in [-0.1, -0.05) is 24.7 Å². The fourth-order valence-electron chi connectivity index (χ4n) is 1.82. The third-order valence-corrected chi connectivity index (χ3v) is 3.74. The molecule has 3 nitrogen and oxygen atoms in total. The molecule has 0 spiro atoms. The molecule has 0 aromatic carbocycles. The van der Waals surface area contributed by atoms with Crippen LogP contribution in [0.5, 0.6) is 0 Å². The minimum atomic E-state index is 0.722. The standard InChI is InChI=1S/C10H14N2OS/c1-2-8-3-4-12(6-8)10-11-5-9(7-13)14-10/h5,7-8H,2-4,6H2,1H3. The Balaban J connectivity index is 2.05. The minimum Gasteiger partial charge on any atom is -0.348 e. The van der Waals surface area contributed by atoms with Crippen LogP contribution in [0.1, 0.15) is 29.4 Å². The fraction of sp³-hybridized carbons (Fsp3) is 0.600. The summed E-state index contributed by atoms with van der Waals surface area (Å²) in [6.45, 7) is 4.42. The van der Waals surface area contributed by atoms with Crippen molar-refractivity contribution in [2.75, 3.05) is 18.0 Å². The summed E-state index contributed by atoms with van der Waals surface area (Å²) >= 11 is 1.49. The number of aldehydes is 1. The van der Waals surface area contributed by atoms with Crippen molar-refractivity contribution in [1.82, 2.24) is 4.98 Å². The van der Waals surface area contributed by atoms with Gasteiger partial charge in [0.25, 0.3) is 0 Å². The number of carbonyl (C=O) groups excluding carboxylic acids is 1. The van der Waals surface area contributed by atoms with Gasteiger partial charge in [0.1, 0.15) is 0 Å². The maximum Gasteiger partial charge on any atom is 0.185 e. The summed E-state index contributed by atoms with van der Waals surface area (Å²) in [5.74, 6) is 0.804. The molecule has 1 atom stereocenters. The van der Waals surface area contributed by atoms with Crippen molar-refractivity contribution in [3.63, 3.8) is 0 Å². The monoisotopic (exact) mass is 210 g/mol. The highest BCUT2D eigenvalue weighted by Crippen LogP contribution is 2.28. The zero-order valence-electron chi connectivity index (χ0n) is 8.27. The Labute approximate surface area is 87.8 Å². The van der Waals surface area contributed by atoms with E-state index in [0.29, 0.717) is 0 Å². The summed E-state index contributed by atoms with van der Waals surface area (Å²) in [6, 6.07) is 0. The van der Waals surface area contributed by atoms with Gasteiger partial charge >= 0.3 is 0 Å². The Kier molecular flexibility index (Phi) is 2.82. The molecular formula is C10H14N2OS. The van der Waals surface area contributed by atoms with Gasteiger partial charge in [-0.25, -0.2) is 4.98 Å². The highest BCUT2D eigenvalue weighted by Gasteiger charge is 2.22. The van der Waals surface area contributed by atoms with Crippen LogP contribution in [0, 0.1) is 5.92 Å². The Morgan fingerprint density at radius 1 is 1.79 bits per heavy atom. The third kappa shape index (κ3) is 1.80. The SMILES string of the molecule is CCC1CCN(c2ncc(C=O)s2)C1. The van der Waals surface area contributed by atoms with Crippen molar-refractivity contribution in [3.05, 3.63) is 11.1 Å². The van der Waals surface area contributed by atoms with E-state index in [-0.39, 0.29) is 0 Å². The molecule has 14 heavy (non-hydrogen) atoms. The van der Waals surface area contributed by atoms with Crippen LogP contribution in [0.25, 0.3) is 0 Å². The molecule has 2 rings (SSSR count). The zero-order chi connectivity index (χ0) is 9.97. The second-order valence-electron chi connectivity index (χ2n) is 3.67. The largest absolute Gasteiger partial charge is 0.348 e. The first-order valence-electron chi connectivity index (χ1n) is 4.99. The average Bonchev–Trinajstić information content (AvgIpc) is 2.86. The number of hydrogen-bond donors (Lipinski definition) is 0. The van der Waals surface area contributed by atoms with E-state index in [1.54, 1.807) is 6.20 Å². The maximum absolute atomic E-state index is 10.5. The van der Waals surface area contributed by atoms with Crippen molar-refractivity contribution in [1.29, 1.82) is 0 Å². The Morgan fingerprint density at radius 2 is 2.64 bits per heavy atom. The van der Waals surface area contributed by atoms with Gasteiger partial charge in [-0.2, -0.15) is 0 Å². The molecule has 1 aromatic heterocycles. The van der Waals surface area contributed by atoms with Gasteiger partial charge in [0.15, 0.2) is 11.4 Å². The van der Waals surface area contributed by atoms with Crippen LogP contribution in [-0.4, -0.2) is 24.4 Å². The molecule has 0 radical (unpaired) electrons. The van der Waals surface area contributed by atoms with Crippen LogP contribution in [0.4, 0.5) is 5.13 Å². The first-order chi connectivity index (χ1) is 6.83. The summed E-state index contributed by atoms with van der Waals surface area (Å²) in [5, 5.41) is 1.00. The Morgan fingerprint density at radius 3 is 3.21 bits per heavy atom. The van der Waals surface area contributed by atoms with E-state index in [4.69, 9.17) is 0 Å². The van der Waals surface area contributed by atoms with Crippen LogP contribution in [0.2, 0.25) is 0 Å². The highest BCUT2D eigenvalue weighted by molar-refractivity contribution is 7.17. The lowest BCUT2D eigenvalue weighted by molar-refractivity contribution is 0.112. The number of aromatic nitrogens is 1. The van der Waals surface area contributed by atoms with Gasteiger partial charge in [-0.3, -0.25) is 4.79 Å². The zero-order valence-corrected chi connectivity index (χ0v) is 9.09. The number of hydrogen-bond acceptors (Lipinski definition) is 4. The molecule has 1 aliphatic heterocycles. The summed E-state index contributed by atoms with van der Waals surface area (Å²) in [7, 11) is 0. The average molecular weight is 210 g/mol. The lowest BCUT2D eigenvalue weighted by Crippen LogP contribution is -2.18. The van der Waals surface area contributed by atoms with Crippen molar-refractivity contribution >= 4 is 22.8 Å². The fourth-order valence-corrected chi connectivity index (χ4v) is 2.58. The van der Waals surface area contributed by atoms with E-state index >= 15 is 0 Å². The molecule has 1 fully saturated rings. The summed E-state index contributed by atoms with van der Waals surface area (Å²) < 4.78 is 0. The first-order valence-corrected chi connectivity index (χ1v) is 5.81. The molecule has 0 aliphatic carbocycles. The normalized spacial score (nSPS) is 21.5. The minimum absolute atomic E-state index is 0.722. The third-order valence-electron chi connectivity index (χ3n) is 2.76. The number of thiazole rings is 1. The summed E-state index contributed by atoms with van der Waals surface area (Å²) in [6.07, 6.45) is 5.02. The molecule has 0 N–H and O–H groups in total. The van der Waals surface area contributed by atoms with Crippen molar-refractivity contribution < 1.29 is 4.79 Å². The number of rotatable bonds is 3. The van der Waals surface area contributed by atoms with E-state index < -0.39 is 0 Å². The van der Waals surface area contributed by atoms with Gasteiger partial charge < -0.3 is 4.90 Å². The number of anilines is 1. The van der Waals surface area contributed by atoms with Crippen LogP contribution in [0.15, 0.2) is 6.20 Å². The smallest absolute Gasteiger partial charge is 0.185 e. The molecule has 76 valence electrons. The Hall–Kier alpha value is -0.900. The first kappa shape index (κ1) is 9.65. The number of nitrogens with zero attached hydrogens (tertiary/aromatic N) is 2. The second-order valence-corrected chi connectivity index (χ2v) is 4.71. The predicted octanol–water partition coefficient (Wildman–Crippen LogP) is 2.19. The van der Waals surface area contributed by atoms with E-state index in [9.17, 15) is 4.79 Å². The van der Waals surface area contributed by atoms with Crippen LogP contribution >= 0.6 is 11.3 Å². The van der Waals surface area contributed by atoms with Crippen molar-refractivity contribution in [2.45, 2.75) is 19.8 Å². The van der Waals surface area contributed by atoms with E-state index in [1.165, 1.54) is 24.2 Å². The van der Waals surface area contributed by atoms with E-state index in [0.717, 1.165) is 35.3 Å². The molecule has 1 unspecified atom stereocenters. The van der Waals surface area contributed by atoms with Gasteiger partial charge in [0.2, 0.25) is 0 Å². The molecule has 0 amide bonds. The number of carbonyl (C=O) groups is 1. The highest BCUT2D eigenvalue weighted by atomic mass is 32.1. The van der Waals surface area contributed by atoms with Gasteiger partial charge in [-0.05, 0) is 12.3 Å². The van der Waals surface area contributed by atoms with Crippen LogP contribution < -0.4 is 4.90 Å². The molecule has 1 aromatic rings. The van der Waals surface area contributed by atoms with Crippen molar-refractivity contribution in [2.24, 2.45) is 5.92 Å². The lowest BCUT2D eigenvalue weighted by Gasteiger charge is -2.13. The predicted molar refractivity (Wildman–Crippen MR) is 58.1 cm³/mol. The molecular weight excluding hydrogens is 196 g/mol. The molecule has 0 saturated carbocycles. The van der Waals surface area contributed by atoms with Crippen LogP contribution in [0.3, 0.4) is 0 Å². The molecule has 0 bridgehead atoms. The van der Waals surface area contributed by atoms with Crippen LogP contribution in [-0.2, 0) is 0 Å². The van der Waals surface area contributed by atoms with Gasteiger partial charge in [0, 0.05) is 13.1 Å². The van der Waals surface area contributed by atoms with Crippen molar-refractivity contribution in [3.8, 4) is 0 Å². The molecule has 1 aliphatic rings. The lowest BCUT2D eigenvalue weighted by atomic mass is 10.1. The maximum atomic E-state index is 10.5. The topological polar surface area (TPSA) is 33.2 Å².